The second-order valence-electron chi connectivity index (χ2n) is 4.27. The molecule has 0 saturated carbocycles. The van der Waals surface area contributed by atoms with Crippen molar-refractivity contribution in [2.24, 2.45) is 0 Å². The molecule has 0 saturated heterocycles. The van der Waals surface area contributed by atoms with E-state index in [1.165, 1.54) is 7.05 Å². The molecule has 0 atom stereocenters. The molecule has 2 N–H and O–H groups in total. The largest absolute Gasteiger partial charge is 0.395 e. The van der Waals surface area contributed by atoms with Crippen molar-refractivity contribution in [1.29, 1.82) is 0 Å². The third-order valence-corrected chi connectivity index (χ3v) is 4.04. The Kier molecular flexibility index (Phi) is 3.72. The van der Waals surface area contributed by atoms with E-state index in [4.69, 9.17) is 0 Å². The lowest BCUT2D eigenvalue weighted by molar-refractivity contribution is 0.218. The Hall–Kier alpha value is -0.910. The zero-order chi connectivity index (χ0) is 12.4. The Bertz CT molecular complexity index is 449. The van der Waals surface area contributed by atoms with Crippen LogP contribution < -0.4 is 4.72 Å². The zero-order valence-corrected chi connectivity index (χ0v) is 10.5. The van der Waals surface area contributed by atoms with Crippen molar-refractivity contribution in [3.63, 3.8) is 0 Å². The van der Waals surface area contributed by atoms with Gasteiger partial charge < -0.3 is 5.11 Å². The van der Waals surface area contributed by atoms with Crippen molar-refractivity contribution in [2.45, 2.75) is 24.2 Å². The Morgan fingerprint density at radius 2 is 1.75 bits per heavy atom. The first-order chi connectivity index (χ1) is 7.33. The van der Waals surface area contributed by atoms with E-state index < -0.39 is 10.0 Å². The van der Waals surface area contributed by atoms with Crippen LogP contribution in [0.15, 0.2) is 29.2 Å². The van der Waals surface area contributed by atoms with Gasteiger partial charge in [-0.3, -0.25) is 0 Å². The van der Waals surface area contributed by atoms with E-state index in [0.717, 1.165) is 5.56 Å². The highest BCUT2D eigenvalue weighted by atomic mass is 32.2. The van der Waals surface area contributed by atoms with Crippen LogP contribution >= 0.6 is 0 Å². The predicted octanol–water partition coefficient (Wildman–Crippen LogP) is 0.865. The zero-order valence-electron chi connectivity index (χ0n) is 9.69. The molecule has 0 unspecified atom stereocenters. The summed E-state index contributed by atoms with van der Waals surface area (Å²) in [7, 11) is -2.00. The van der Waals surface area contributed by atoms with Crippen molar-refractivity contribution in [1.82, 2.24) is 4.72 Å². The molecule has 0 spiro atoms. The average Bonchev–Trinajstić information content (AvgIpc) is 2.29. The standard InChI is InChI=1S/C11H17NO3S/c1-11(2,8-13)9-4-6-10(7-5-9)16(14,15)12-3/h4-7,12-13H,8H2,1-3H3. The Labute approximate surface area is 96.4 Å². The van der Waals surface area contributed by atoms with Gasteiger partial charge in [0.05, 0.1) is 11.5 Å². The van der Waals surface area contributed by atoms with Gasteiger partial charge in [-0.2, -0.15) is 0 Å². The van der Waals surface area contributed by atoms with Crippen LogP contribution in [0.25, 0.3) is 0 Å². The van der Waals surface area contributed by atoms with Gasteiger partial charge in [-0.25, -0.2) is 13.1 Å². The van der Waals surface area contributed by atoms with E-state index in [9.17, 15) is 13.5 Å². The summed E-state index contributed by atoms with van der Waals surface area (Å²) in [5.41, 5.74) is 0.548. The Morgan fingerprint density at radius 3 is 2.12 bits per heavy atom. The molecule has 0 amide bonds. The van der Waals surface area contributed by atoms with Gasteiger partial charge >= 0.3 is 0 Å². The molecule has 0 heterocycles. The van der Waals surface area contributed by atoms with E-state index in [2.05, 4.69) is 4.72 Å². The molecule has 0 aromatic heterocycles. The molecule has 4 nitrogen and oxygen atoms in total. The molecule has 1 aromatic carbocycles. The van der Waals surface area contributed by atoms with Crippen LogP contribution in [0, 0.1) is 0 Å². The molecular weight excluding hydrogens is 226 g/mol. The van der Waals surface area contributed by atoms with E-state index in [1.807, 2.05) is 13.8 Å². The van der Waals surface area contributed by atoms with Crippen LogP contribution in [0.1, 0.15) is 19.4 Å². The third-order valence-electron chi connectivity index (χ3n) is 2.61. The molecule has 0 radical (unpaired) electrons. The van der Waals surface area contributed by atoms with Crippen LogP contribution in [-0.4, -0.2) is 27.2 Å². The van der Waals surface area contributed by atoms with Crippen molar-refractivity contribution in [3.05, 3.63) is 29.8 Å². The van der Waals surface area contributed by atoms with Crippen LogP contribution in [0.3, 0.4) is 0 Å². The fraction of sp³-hybridized carbons (Fsp3) is 0.455. The van der Waals surface area contributed by atoms with E-state index in [0.29, 0.717) is 0 Å². The molecule has 1 rings (SSSR count). The third kappa shape index (κ3) is 2.61. The van der Waals surface area contributed by atoms with Crippen molar-refractivity contribution in [2.75, 3.05) is 13.7 Å². The SMILES string of the molecule is CNS(=O)(=O)c1ccc(C(C)(C)CO)cc1. The number of hydrogen-bond acceptors (Lipinski definition) is 3. The molecule has 1 aromatic rings. The van der Waals surface area contributed by atoms with E-state index in [1.54, 1.807) is 24.3 Å². The Balaban J connectivity index is 3.10. The van der Waals surface area contributed by atoms with Gasteiger partial charge in [0, 0.05) is 5.41 Å². The topological polar surface area (TPSA) is 66.4 Å². The first-order valence-electron chi connectivity index (χ1n) is 4.98. The fourth-order valence-electron chi connectivity index (χ4n) is 1.29. The smallest absolute Gasteiger partial charge is 0.240 e. The molecule has 0 aliphatic rings. The van der Waals surface area contributed by atoms with E-state index in [-0.39, 0.29) is 16.9 Å². The summed E-state index contributed by atoms with van der Waals surface area (Å²) in [5, 5.41) is 9.19. The molecule has 0 fully saturated rings. The summed E-state index contributed by atoms with van der Waals surface area (Å²) in [5.74, 6) is 0. The maximum absolute atomic E-state index is 11.5. The minimum atomic E-state index is -3.38. The van der Waals surface area contributed by atoms with Crippen LogP contribution in [-0.2, 0) is 15.4 Å². The summed E-state index contributed by atoms with van der Waals surface area (Å²) in [6.45, 7) is 3.81. The number of sulfonamides is 1. The van der Waals surface area contributed by atoms with Crippen molar-refractivity contribution < 1.29 is 13.5 Å². The van der Waals surface area contributed by atoms with Crippen molar-refractivity contribution in [3.8, 4) is 0 Å². The van der Waals surface area contributed by atoms with Gasteiger partial charge in [0.15, 0.2) is 0 Å². The second kappa shape index (κ2) is 4.53. The minimum absolute atomic E-state index is 0.0190. The molecular formula is C11H17NO3S. The number of benzene rings is 1. The van der Waals surface area contributed by atoms with E-state index >= 15 is 0 Å². The van der Waals surface area contributed by atoms with Crippen LogP contribution in [0.2, 0.25) is 0 Å². The number of rotatable bonds is 4. The minimum Gasteiger partial charge on any atom is -0.395 e. The lowest BCUT2D eigenvalue weighted by Gasteiger charge is -2.22. The van der Waals surface area contributed by atoms with Gasteiger partial charge in [0.1, 0.15) is 0 Å². The summed E-state index contributed by atoms with van der Waals surface area (Å²) in [6.07, 6.45) is 0. The number of aliphatic hydroxyl groups excluding tert-OH is 1. The molecule has 0 aliphatic carbocycles. The summed E-state index contributed by atoms with van der Waals surface area (Å²) in [6, 6.07) is 6.53. The first kappa shape index (κ1) is 13.2. The second-order valence-corrected chi connectivity index (χ2v) is 6.16. The molecule has 0 aliphatic heterocycles. The van der Waals surface area contributed by atoms with Crippen molar-refractivity contribution >= 4 is 10.0 Å². The average molecular weight is 243 g/mol. The number of hydrogen-bond donors (Lipinski definition) is 2. The van der Waals surface area contributed by atoms with Gasteiger partial charge in [0.2, 0.25) is 10.0 Å². The Morgan fingerprint density at radius 1 is 1.25 bits per heavy atom. The highest BCUT2D eigenvalue weighted by Crippen LogP contribution is 2.23. The predicted molar refractivity (Wildman–Crippen MR) is 62.8 cm³/mol. The lowest BCUT2D eigenvalue weighted by atomic mass is 9.86. The summed E-state index contributed by atoms with van der Waals surface area (Å²) >= 11 is 0. The highest BCUT2D eigenvalue weighted by molar-refractivity contribution is 7.89. The summed E-state index contributed by atoms with van der Waals surface area (Å²) in [4.78, 5) is 0.229. The first-order valence-corrected chi connectivity index (χ1v) is 6.47. The van der Waals surface area contributed by atoms with Crippen LogP contribution in [0.4, 0.5) is 0 Å². The maximum atomic E-state index is 11.5. The van der Waals surface area contributed by atoms with Gasteiger partial charge in [-0.1, -0.05) is 26.0 Å². The van der Waals surface area contributed by atoms with Gasteiger partial charge in [0.25, 0.3) is 0 Å². The normalized spacial score (nSPS) is 12.8. The highest BCUT2D eigenvalue weighted by Gasteiger charge is 2.20. The quantitative estimate of drug-likeness (QED) is 0.824. The maximum Gasteiger partial charge on any atom is 0.240 e. The lowest BCUT2D eigenvalue weighted by Crippen LogP contribution is -2.23. The number of aliphatic hydroxyl groups is 1. The fourth-order valence-corrected chi connectivity index (χ4v) is 2.02. The number of nitrogens with one attached hydrogen (secondary N) is 1. The molecule has 5 heteroatoms. The summed E-state index contributed by atoms with van der Waals surface area (Å²) < 4.78 is 25.2. The van der Waals surface area contributed by atoms with Crippen LogP contribution in [0.5, 0.6) is 0 Å². The molecule has 16 heavy (non-hydrogen) atoms. The molecule has 0 bridgehead atoms. The van der Waals surface area contributed by atoms with Gasteiger partial charge in [-0.05, 0) is 24.7 Å². The monoisotopic (exact) mass is 243 g/mol. The van der Waals surface area contributed by atoms with Gasteiger partial charge in [-0.15, -0.1) is 0 Å². The molecule has 90 valence electrons.